The lowest BCUT2D eigenvalue weighted by molar-refractivity contribution is -0.384. The predicted octanol–water partition coefficient (Wildman–Crippen LogP) is 2.99. The summed E-state index contributed by atoms with van der Waals surface area (Å²) in [6, 6.07) is 8.39. The Hall–Kier alpha value is -3.55. The molecule has 2 aromatic rings. The largest absolute Gasteiger partial charge is 0.494 e. The monoisotopic (exact) mass is 368 g/mol. The van der Waals surface area contributed by atoms with Gasteiger partial charge in [0.15, 0.2) is 5.78 Å². The summed E-state index contributed by atoms with van der Waals surface area (Å²) in [5, 5.41) is 10.9. The molecule has 0 saturated heterocycles. The minimum Gasteiger partial charge on any atom is -0.494 e. The fourth-order valence-electron chi connectivity index (χ4n) is 2.92. The average Bonchev–Trinajstić information content (AvgIpc) is 2.87. The number of rotatable bonds is 6. The smallest absolute Gasteiger partial charge is 0.270 e. The van der Waals surface area contributed by atoms with E-state index in [4.69, 9.17) is 4.74 Å². The van der Waals surface area contributed by atoms with E-state index in [0.717, 1.165) is 11.0 Å². The second-order valence-corrected chi connectivity index (χ2v) is 6.00. The van der Waals surface area contributed by atoms with Gasteiger partial charge in [-0.3, -0.25) is 29.4 Å². The summed E-state index contributed by atoms with van der Waals surface area (Å²) in [4.78, 5) is 48.2. The van der Waals surface area contributed by atoms with Crippen LogP contribution in [0, 0.1) is 10.1 Å². The van der Waals surface area contributed by atoms with Crippen LogP contribution in [0.5, 0.6) is 5.75 Å². The highest BCUT2D eigenvalue weighted by Crippen LogP contribution is 2.30. The maximum Gasteiger partial charge on any atom is 0.270 e. The molecule has 0 radical (unpaired) electrons. The standard InChI is InChI=1S/C19H16N2O6/c1-3-27-17-7-4-12(11(2)22)8-13(17)10-20-18(23)15-6-5-14(21(25)26)9-16(15)19(20)24/h4-9H,3,10H2,1-2H3. The van der Waals surface area contributed by atoms with Crippen LogP contribution in [0.15, 0.2) is 36.4 Å². The second kappa shape index (κ2) is 6.99. The van der Waals surface area contributed by atoms with Crippen LogP contribution in [-0.2, 0) is 6.54 Å². The Bertz CT molecular complexity index is 982. The van der Waals surface area contributed by atoms with E-state index in [1.165, 1.54) is 19.1 Å². The van der Waals surface area contributed by atoms with Crippen molar-refractivity contribution < 1.29 is 24.0 Å². The Kier molecular flexibility index (Phi) is 4.72. The minimum atomic E-state index is -0.621. The Morgan fingerprint density at radius 3 is 2.44 bits per heavy atom. The number of imide groups is 1. The molecule has 2 amide bonds. The molecule has 0 aliphatic carbocycles. The van der Waals surface area contributed by atoms with Gasteiger partial charge in [0.25, 0.3) is 17.5 Å². The van der Waals surface area contributed by atoms with Crippen LogP contribution < -0.4 is 4.74 Å². The van der Waals surface area contributed by atoms with Crippen molar-refractivity contribution in [2.45, 2.75) is 20.4 Å². The first-order valence-corrected chi connectivity index (χ1v) is 8.24. The van der Waals surface area contributed by atoms with Crippen LogP contribution in [0.1, 0.15) is 50.5 Å². The number of hydrogen-bond donors (Lipinski definition) is 0. The number of carbonyl (C=O) groups excluding carboxylic acids is 3. The zero-order valence-electron chi connectivity index (χ0n) is 14.7. The third-order valence-corrected chi connectivity index (χ3v) is 4.26. The van der Waals surface area contributed by atoms with Gasteiger partial charge in [0, 0.05) is 23.3 Å². The van der Waals surface area contributed by atoms with Gasteiger partial charge >= 0.3 is 0 Å². The molecule has 8 nitrogen and oxygen atoms in total. The maximum atomic E-state index is 12.6. The number of fused-ring (bicyclic) bond motifs is 1. The summed E-state index contributed by atoms with van der Waals surface area (Å²) in [7, 11) is 0. The SMILES string of the molecule is CCOc1ccc(C(C)=O)cc1CN1C(=O)c2ccc([N+](=O)[O-])cc2C1=O. The Morgan fingerprint density at radius 1 is 1.11 bits per heavy atom. The number of hydrogen-bond acceptors (Lipinski definition) is 6. The molecule has 0 saturated carbocycles. The van der Waals surface area contributed by atoms with Gasteiger partial charge in [0.2, 0.25) is 0 Å². The highest BCUT2D eigenvalue weighted by atomic mass is 16.6. The third-order valence-electron chi connectivity index (χ3n) is 4.26. The fraction of sp³-hybridized carbons (Fsp3) is 0.211. The lowest BCUT2D eigenvalue weighted by Gasteiger charge is -2.17. The maximum absolute atomic E-state index is 12.6. The fourth-order valence-corrected chi connectivity index (χ4v) is 2.92. The highest BCUT2D eigenvalue weighted by Gasteiger charge is 2.37. The number of nitro benzene ring substituents is 1. The van der Waals surface area contributed by atoms with Crippen molar-refractivity contribution in [1.29, 1.82) is 0 Å². The van der Waals surface area contributed by atoms with Crippen molar-refractivity contribution in [3.8, 4) is 5.75 Å². The lowest BCUT2D eigenvalue weighted by atomic mass is 10.1. The van der Waals surface area contributed by atoms with E-state index >= 15 is 0 Å². The molecule has 27 heavy (non-hydrogen) atoms. The van der Waals surface area contributed by atoms with Gasteiger partial charge in [-0.25, -0.2) is 0 Å². The summed E-state index contributed by atoms with van der Waals surface area (Å²) < 4.78 is 5.53. The molecule has 0 bridgehead atoms. The molecule has 1 heterocycles. The molecule has 3 rings (SSSR count). The van der Waals surface area contributed by atoms with E-state index < -0.39 is 16.7 Å². The molecule has 0 N–H and O–H groups in total. The Morgan fingerprint density at radius 2 is 1.81 bits per heavy atom. The second-order valence-electron chi connectivity index (χ2n) is 6.00. The van der Waals surface area contributed by atoms with Crippen LogP contribution in [0.25, 0.3) is 0 Å². The van der Waals surface area contributed by atoms with Crippen LogP contribution in [0.2, 0.25) is 0 Å². The molecular weight excluding hydrogens is 352 g/mol. The number of carbonyl (C=O) groups is 3. The molecule has 138 valence electrons. The zero-order valence-corrected chi connectivity index (χ0v) is 14.7. The molecule has 0 unspecified atom stereocenters. The van der Waals surface area contributed by atoms with Crippen LogP contribution in [0.3, 0.4) is 0 Å². The van der Waals surface area contributed by atoms with Crippen LogP contribution >= 0.6 is 0 Å². The van der Waals surface area contributed by atoms with Gasteiger partial charge in [-0.15, -0.1) is 0 Å². The number of amides is 2. The van der Waals surface area contributed by atoms with E-state index in [-0.39, 0.29) is 29.1 Å². The molecule has 0 spiro atoms. The summed E-state index contributed by atoms with van der Waals surface area (Å²) in [5.74, 6) is -0.850. The number of non-ortho nitro benzene ring substituents is 1. The van der Waals surface area contributed by atoms with Crippen molar-refractivity contribution in [2.24, 2.45) is 0 Å². The quantitative estimate of drug-likeness (QED) is 0.336. The number of ketones is 1. The number of ether oxygens (including phenoxy) is 1. The molecule has 0 fully saturated rings. The normalized spacial score (nSPS) is 12.9. The summed E-state index contributed by atoms with van der Waals surface area (Å²) in [5.41, 5.74) is 0.792. The lowest BCUT2D eigenvalue weighted by Crippen LogP contribution is -2.29. The topological polar surface area (TPSA) is 107 Å². The molecule has 1 aliphatic rings. The van der Waals surface area contributed by atoms with Gasteiger partial charge in [0.05, 0.1) is 29.2 Å². The Labute approximate surface area is 154 Å². The molecule has 0 atom stereocenters. The van der Waals surface area contributed by atoms with Crippen molar-refractivity contribution in [2.75, 3.05) is 6.61 Å². The van der Waals surface area contributed by atoms with E-state index in [1.807, 2.05) is 0 Å². The van der Waals surface area contributed by atoms with Crippen molar-refractivity contribution >= 4 is 23.3 Å². The van der Waals surface area contributed by atoms with Gasteiger partial charge in [-0.2, -0.15) is 0 Å². The average molecular weight is 368 g/mol. The molecular formula is C19H16N2O6. The van der Waals surface area contributed by atoms with Gasteiger partial charge in [0.1, 0.15) is 5.75 Å². The van der Waals surface area contributed by atoms with Crippen molar-refractivity contribution in [1.82, 2.24) is 4.90 Å². The number of Topliss-reactive ketones (excluding diaryl/α,β-unsaturated/α-hetero) is 1. The number of nitro groups is 1. The Balaban J connectivity index is 1.97. The van der Waals surface area contributed by atoms with E-state index in [1.54, 1.807) is 25.1 Å². The van der Waals surface area contributed by atoms with E-state index in [0.29, 0.717) is 23.5 Å². The van der Waals surface area contributed by atoms with Crippen LogP contribution in [0.4, 0.5) is 5.69 Å². The molecule has 1 aliphatic heterocycles. The first kappa shape index (κ1) is 18.2. The summed E-state index contributed by atoms with van der Waals surface area (Å²) >= 11 is 0. The van der Waals surface area contributed by atoms with Gasteiger partial charge < -0.3 is 4.74 Å². The number of nitrogens with zero attached hydrogens (tertiary/aromatic N) is 2. The molecule has 0 aromatic heterocycles. The highest BCUT2D eigenvalue weighted by molar-refractivity contribution is 6.21. The third kappa shape index (κ3) is 3.29. The van der Waals surface area contributed by atoms with Crippen molar-refractivity contribution in [3.63, 3.8) is 0 Å². The zero-order chi connectivity index (χ0) is 19.7. The minimum absolute atomic E-state index is 0.00474. The first-order valence-electron chi connectivity index (χ1n) is 8.24. The van der Waals surface area contributed by atoms with Gasteiger partial charge in [-0.1, -0.05) is 0 Å². The van der Waals surface area contributed by atoms with Gasteiger partial charge in [-0.05, 0) is 38.1 Å². The summed E-state index contributed by atoms with van der Waals surface area (Å²) in [6.45, 7) is 3.49. The molecule has 8 heteroatoms. The number of benzene rings is 2. The molecule has 2 aromatic carbocycles. The summed E-state index contributed by atoms with van der Waals surface area (Å²) in [6.07, 6.45) is 0. The first-order chi connectivity index (χ1) is 12.8. The van der Waals surface area contributed by atoms with E-state index in [9.17, 15) is 24.5 Å². The van der Waals surface area contributed by atoms with Crippen LogP contribution in [-0.4, -0.2) is 34.0 Å². The predicted molar refractivity (Wildman–Crippen MR) is 94.9 cm³/mol. The van der Waals surface area contributed by atoms with Crippen molar-refractivity contribution in [3.05, 3.63) is 68.8 Å². The van der Waals surface area contributed by atoms with E-state index in [2.05, 4.69) is 0 Å².